The summed E-state index contributed by atoms with van der Waals surface area (Å²) in [5.41, 5.74) is 3.11. The second kappa shape index (κ2) is 8.35. The van der Waals surface area contributed by atoms with Crippen molar-refractivity contribution in [3.63, 3.8) is 0 Å². The Hall–Kier alpha value is -2.70. The summed E-state index contributed by atoms with van der Waals surface area (Å²) in [7, 11) is 0. The molecule has 0 aliphatic carbocycles. The number of halogens is 1. The normalized spacial score (nSPS) is 16.3. The number of carbonyl (C=O) groups excluding carboxylic acids is 1. The number of β-amino-alcohol motifs (C(OH)–C–C–N with tert-alkyl or cyclic N) is 1. The third-order valence-electron chi connectivity index (χ3n) is 5.58. The van der Waals surface area contributed by atoms with Gasteiger partial charge in [0.05, 0.1) is 6.10 Å². The second-order valence-corrected chi connectivity index (χ2v) is 7.80. The number of hydrogen-bond donors (Lipinski definition) is 2. The van der Waals surface area contributed by atoms with Gasteiger partial charge in [0.1, 0.15) is 11.5 Å². The highest BCUT2D eigenvalue weighted by Crippen LogP contribution is 2.17. The van der Waals surface area contributed by atoms with E-state index in [0.717, 1.165) is 29.6 Å². The molecule has 0 spiro atoms. The predicted octanol–water partition coefficient (Wildman–Crippen LogP) is 2.98. The van der Waals surface area contributed by atoms with Gasteiger partial charge in [-0.15, -0.1) is 0 Å². The molecule has 1 saturated heterocycles. The van der Waals surface area contributed by atoms with Crippen molar-refractivity contribution in [2.24, 2.45) is 0 Å². The molecule has 0 bridgehead atoms. The highest BCUT2D eigenvalue weighted by molar-refractivity contribution is 5.98. The van der Waals surface area contributed by atoms with Crippen LogP contribution in [0.5, 0.6) is 0 Å². The van der Waals surface area contributed by atoms with Crippen molar-refractivity contribution in [3.8, 4) is 0 Å². The number of hydrogen-bond acceptors (Lipinski definition) is 3. The van der Waals surface area contributed by atoms with E-state index in [0.29, 0.717) is 37.3 Å². The lowest BCUT2D eigenvalue weighted by atomic mass is 10.0. The van der Waals surface area contributed by atoms with Crippen molar-refractivity contribution in [2.45, 2.75) is 19.4 Å². The molecule has 1 atom stereocenters. The van der Waals surface area contributed by atoms with E-state index in [-0.39, 0.29) is 11.7 Å². The van der Waals surface area contributed by atoms with Gasteiger partial charge in [0.15, 0.2) is 0 Å². The summed E-state index contributed by atoms with van der Waals surface area (Å²) in [6.45, 7) is 5.00. The van der Waals surface area contributed by atoms with Crippen molar-refractivity contribution in [1.29, 1.82) is 0 Å². The van der Waals surface area contributed by atoms with Crippen molar-refractivity contribution in [3.05, 3.63) is 71.2 Å². The average Bonchev–Trinajstić information content (AvgIpc) is 3.15. The smallest absolute Gasteiger partial charge is 0.270 e. The maximum absolute atomic E-state index is 13.4. The SMILES string of the molecule is Cc1cc(CC(O)CN2CCN(C(=O)c3cc4ccccc4[nH]3)CC2)ccc1F. The lowest BCUT2D eigenvalue weighted by molar-refractivity contribution is 0.0526. The van der Waals surface area contributed by atoms with Crippen LogP contribution >= 0.6 is 0 Å². The number of fused-ring (bicyclic) bond motifs is 1. The molecule has 2 aromatic carbocycles. The molecule has 152 valence electrons. The zero-order valence-corrected chi connectivity index (χ0v) is 16.6. The van der Waals surface area contributed by atoms with Gasteiger partial charge < -0.3 is 15.0 Å². The van der Waals surface area contributed by atoms with Crippen LogP contribution in [0.4, 0.5) is 4.39 Å². The molecular weight excluding hydrogens is 369 g/mol. The molecule has 2 N–H and O–H groups in total. The Morgan fingerprint density at radius 3 is 2.62 bits per heavy atom. The van der Waals surface area contributed by atoms with Crippen molar-refractivity contribution in [2.75, 3.05) is 32.7 Å². The molecule has 1 aromatic heterocycles. The number of para-hydroxylation sites is 1. The van der Waals surface area contributed by atoms with Crippen LogP contribution in [0.25, 0.3) is 10.9 Å². The highest BCUT2D eigenvalue weighted by Gasteiger charge is 2.24. The van der Waals surface area contributed by atoms with E-state index in [9.17, 15) is 14.3 Å². The first-order valence-electron chi connectivity index (χ1n) is 10.0. The van der Waals surface area contributed by atoms with Gasteiger partial charge in [0.2, 0.25) is 0 Å². The van der Waals surface area contributed by atoms with E-state index in [4.69, 9.17) is 0 Å². The molecule has 4 rings (SSSR count). The molecule has 29 heavy (non-hydrogen) atoms. The number of aliphatic hydroxyl groups excluding tert-OH is 1. The minimum Gasteiger partial charge on any atom is -0.391 e. The summed E-state index contributed by atoms with van der Waals surface area (Å²) in [6, 6.07) is 14.7. The van der Waals surface area contributed by atoms with Crippen LogP contribution in [-0.2, 0) is 6.42 Å². The number of carbonyl (C=O) groups is 1. The number of aliphatic hydroxyl groups is 1. The molecule has 5 nitrogen and oxygen atoms in total. The van der Waals surface area contributed by atoms with Crippen LogP contribution in [0.1, 0.15) is 21.6 Å². The van der Waals surface area contributed by atoms with E-state index in [1.165, 1.54) is 6.07 Å². The Morgan fingerprint density at radius 2 is 1.90 bits per heavy atom. The molecule has 1 unspecified atom stereocenters. The summed E-state index contributed by atoms with van der Waals surface area (Å²) in [6.07, 6.45) is -0.0224. The lowest BCUT2D eigenvalue weighted by Gasteiger charge is -2.35. The highest BCUT2D eigenvalue weighted by atomic mass is 19.1. The van der Waals surface area contributed by atoms with Crippen LogP contribution in [0.3, 0.4) is 0 Å². The van der Waals surface area contributed by atoms with Gasteiger partial charge in [0.25, 0.3) is 5.91 Å². The van der Waals surface area contributed by atoms with Gasteiger partial charge in [-0.25, -0.2) is 4.39 Å². The molecular formula is C23H26FN3O2. The van der Waals surface area contributed by atoms with Crippen LogP contribution in [-0.4, -0.2) is 64.6 Å². The van der Waals surface area contributed by atoms with E-state index < -0.39 is 6.10 Å². The first-order valence-corrected chi connectivity index (χ1v) is 10.0. The summed E-state index contributed by atoms with van der Waals surface area (Å²) in [5.74, 6) is -0.206. The molecule has 1 aliphatic rings. The number of piperazine rings is 1. The minimum absolute atomic E-state index is 0.0168. The summed E-state index contributed by atoms with van der Waals surface area (Å²) in [4.78, 5) is 20.0. The molecule has 1 amide bonds. The summed E-state index contributed by atoms with van der Waals surface area (Å²) >= 11 is 0. The number of rotatable bonds is 5. The largest absolute Gasteiger partial charge is 0.391 e. The molecule has 2 heterocycles. The molecule has 6 heteroatoms. The number of benzene rings is 2. The minimum atomic E-state index is -0.518. The zero-order valence-electron chi connectivity index (χ0n) is 16.6. The maximum Gasteiger partial charge on any atom is 0.270 e. The van der Waals surface area contributed by atoms with E-state index in [1.54, 1.807) is 19.1 Å². The lowest BCUT2D eigenvalue weighted by Crippen LogP contribution is -2.50. The Labute approximate surface area is 169 Å². The predicted molar refractivity (Wildman–Crippen MR) is 111 cm³/mol. The molecule has 3 aromatic rings. The first kappa shape index (κ1) is 19.6. The summed E-state index contributed by atoms with van der Waals surface area (Å²) < 4.78 is 13.4. The number of nitrogens with one attached hydrogen (secondary N) is 1. The van der Waals surface area contributed by atoms with Gasteiger partial charge in [0, 0.05) is 43.6 Å². The Morgan fingerprint density at radius 1 is 1.14 bits per heavy atom. The van der Waals surface area contributed by atoms with Gasteiger partial charge in [-0.2, -0.15) is 0 Å². The van der Waals surface area contributed by atoms with Gasteiger partial charge in [-0.1, -0.05) is 30.3 Å². The average molecular weight is 395 g/mol. The number of aromatic amines is 1. The number of nitrogens with zero attached hydrogens (tertiary/aromatic N) is 2. The Kier molecular flexibility index (Phi) is 5.65. The molecule has 0 radical (unpaired) electrons. The molecule has 1 aliphatic heterocycles. The topological polar surface area (TPSA) is 59.6 Å². The number of amides is 1. The van der Waals surface area contributed by atoms with Crippen molar-refractivity contribution < 1.29 is 14.3 Å². The van der Waals surface area contributed by atoms with Gasteiger partial charge in [-0.3, -0.25) is 9.69 Å². The number of aryl methyl sites for hydroxylation is 1. The van der Waals surface area contributed by atoms with Crippen molar-refractivity contribution in [1.82, 2.24) is 14.8 Å². The van der Waals surface area contributed by atoms with Crippen LogP contribution in [0, 0.1) is 12.7 Å². The molecule has 1 fully saturated rings. The number of aromatic nitrogens is 1. The van der Waals surface area contributed by atoms with Gasteiger partial charge in [-0.05, 0) is 42.7 Å². The quantitative estimate of drug-likeness (QED) is 0.698. The van der Waals surface area contributed by atoms with Crippen LogP contribution in [0.2, 0.25) is 0 Å². The fourth-order valence-electron chi connectivity index (χ4n) is 3.96. The summed E-state index contributed by atoms with van der Waals surface area (Å²) in [5, 5.41) is 11.5. The standard InChI is InChI=1S/C23H26FN3O2/c1-16-12-17(6-7-20(16)24)13-19(28)15-26-8-10-27(11-9-26)23(29)22-14-18-4-2-3-5-21(18)25-22/h2-7,12,14,19,25,28H,8-11,13,15H2,1H3. The third kappa shape index (κ3) is 4.49. The van der Waals surface area contributed by atoms with E-state index in [2.05, 4.69) is 9.88 Å². The Balaban J connectivity index is 1.29. The number of H-pyrrole nitrogens is 1. The van der Waals surface area contributed by atoms with Gasteiger partial charge >= 0.3 is 0 Å². The Bertz CT molecular complexity index is 975. The van der Waals surface area contributed by atoms with Crippen LogP contribution < -0.4 is 0 Å². The van der Waals surface area contributed by atoms with Crippen molar-refractivity contribution >= 4 is 16.8 Å². The third-order valence-corrected chi connectivity index (χ3v) is 5.58. The maximum atomic E-state index is 13.4. The monoisotopic (exact) mass is 395 g/mol. The fourth-order valence-corrected chi connectivity index (χ4v) is 3.96. The fraction of sp³-hybridized carbons (Fsp3) is 0.348. The van der Waals surface area contributed by atoms with Crippen LogP contribution in [0.15, 0.2) is 48.5 Å². The van der Waals surface area contributed by atoms with E-state index >= 15 is 0 Å². The first-order chi connectivity index (χ1) is 14.0. The zero-order chi connectivity index (χ0) is 20.4. The second-order valence-electron chi connectivity index (χ2n) is 7.80. The molecule has 0 saturated carbocycles. The van der Waals surface area contributed by atoms with E-state index in [1.807, 2.05) is 35.2 Å².